The molecule has 0 aliphatic heterocycles. The van der Waals surface area contributed by atoms with E-state index in [1.807, 2.05) is 12.1 Å². The number of nitrogens with two attached hydrogens (primary N) is 1. The Morgan fingerprint density at radius 1 is 1.32 bits per heavy atom. The molecule has 3 N–H and O–H groups in total. The molecule has 0 spiro atoms. The molecule has 1 heterocycles. The Bertz CT molecular complexity index is 636. The van der Waals surface area contributed by atoms with Crippen LogP contribution in [-0.4, -0.2) is 14.7 Å². The van der Waals surface area contributed by atoms with Crippen molar-refractivity contribution in [2.45, 2.75) is 17.4 Å². The average molecular weight is 280 g/mol. The number of rotatable bonds is 5. The van der Waals surface area contributed by atoms with Crippen LogP contribution in [0.3, 0.4) is 0 Å². The van der Waals surface area contributed by atoms with Crippen LogP contribution in [0.1, 0.15) is 17.4 Å². The van der Waals surface area contributed by atoms with Gasteiger partial charge in [-0.05, 0) is 29.8 Å². The number of hydrogen-bond acceptors (Lipinski definition) is 5. The van der Waals surface area contributed by atoms with Crippen LogP contribution < -0.4 is 11.3 Å². The van der Waals surface area contributed by atoms with Gasteiger partial charge in [0.05, 0.1) is 17.2 Å². The first-order valence-electron chi connectivity index (χ1n) is 5.79. The second kappa shape index (κ2) is 5.56. The molecule has 1 aromatic heterocycles. The normalized spacial score (nSPS) is 13.4. The molecule has 6 heteroatoms. The van der Waals surface area contributed by atoms with E-state index in [0.717, 1.165) is 11.3 Å². The lowest BCUT2D eigenvalue weighted by Crippen LogP contribution is -2.29. The lowest BCUT2D eigenvalue weighted by atomic mass is 10.0. The molecule has 0 amide bonds. The van der Waals surface area contributed by atoms with Gasteiger partial charge in [0.2, 0.25) is 0 Å². The molecule has 1 atom stereocenters. The molecular weight excluding hydrogens is 264 g/mol. The van der Waals surface area contributed by atoms with Crippen molar-refractivity contribution in [2.24, 2.45) is 5.84 Å². The minimum atomic E-state index is -3.22. The van der Waals surface area contributed by atoms with Crippen molar-refractivity contribution in [1.82, 2.24) is 5.43 Å². The summed E-state index contributed by atoms with van der Waals surface area (Å²) >= 11 is 0. The first-order valence-corrected chi connectivity index (χ1v) is 7.68. The summed E-state index contributed by atoms with van der Waals surface area (Å²) in [5.74, 6) is 6.32. The van der Waals surface area contributed by atoms with Crippen molar-refractivity contribution in [2.75, 3.05) is 6.26 Å². The molecule has 0 radical (unpaired) electrons. The van der Waals surface area contributed by atoms with E-state index in [-0.39, 0.29) is 10.9 Å². The zero-order valence-electron chi connectivity index (χ0n) is 10.5. The molecule has 0 aliphatic carbocycles. The predicted octanol–water partition coefficient (Wildman–Crippen LogP) is 1.43. The second-order valence-corrected chi connectivity index (χ2v) is 6.36. The Balaban J connectivity index is 2.28. The van der Waals surface area contributed by atoms with Crippen molar-refractivity contribution in [1.29, 1.82) is 0 Å². The third kappa shape index (κ3) is 3.44. The fraction of sp³-hybridized carbons (Fsp3) is 0.231. The van der Waals surface area contributed by atoms with Gasteiger partial charge in [0.15, 0.2) is 9.84 Å². The van der Waals surface area contributed by atoms with Crippen LogP contribution in [0.2, 0.25) is 0 Å². The number of hydrogen-bond donors (Lipinski definition) is 2. The highest BCUT2D eigenvalue weighted by molar-refractivity contribution is 7.90. The second-order valence-electron chi connectivity index (χ2n) is 4.35. The van der Waals surface area contributed by atoms with E-state index in [1.165, 1.54) is 6.26 Å². The summed E-state index contributed by atoms with van der Waals surface area (Å²) in [6.07, 6.45) is 3.33. The Labute approximate surface area is 112 Å². The fourth-order valence-electron chi connectivity index (χ4n) is 1.86. The van der Waals surface area contributed by atoms with Crippen LogP contribution in [0.25, 0.3) is 0 Å². The van der Waals surface area contributed by atoms with Crippen molar-refractivity contribution >= 4 is 9.84 Å². The fourth-order valence-corrected chi connectivity index (χ4v) is 2.54. The minimum absolute atomic E-state index is 0.201. The van der Waals surface area contributed by atoms with E-state index in [9.17, 15) is 8.42 Å². The van der Waals surface area contributed by atoms with Gasteiger partial charge >= 0.3 is 0 Å². The largest absolute Gasteiger partial charge is 0.469 e. The van der Waals surface area contributed by atoms with E-state index in [1.54, 1.807) is 30.5 Å². The predicted molar refractivity (Wildman–Crippen MR) is 72.0 cm³/mol. The standard InChI is InChI=1S/C13H16N2O3S/c1-19(16,17)12-6-2-4-10(8-12)13(15-14)9-11-5-3-7-18-11/h2-8,13,15H,9,14H2,1H3. The first-order chi connectivity index (χ1) is 9.00. The third-order valence-electron chi connectivity index (χ3n) is 2.88. The molecule has 1 aromatic carbocycles. The lowest BCUT2D eigenvalue weighted by molar-refractivity contribution is 0.454. The molecule has 0 fully saturated rings. The van der Waals surface area contributed by atoms with Crippen LogP contribution in [0.4, 0.5) is 0 Å². The maximum absolute atomic E-state index is 11.5. The topological polar surface area (TPSA) is 85.3 Å². The van der Waals surface area contributed by atoms with Gasteiger partial charge in [-0.2, -0.15) is 0 Å². The summed E-state index contributed by atoms with van der Waals surface area (Å²) in [6, 6.07) is 10.2. The molecule has 0 saturated carbocycles. The van der Waals surface area contributed by atoms with Gasteiger partial charge in [-0.1, -0.05) is 12.1 Å². The summed E-state index contributed by atoms with van der Waals surface area (Å²) in [5, 5.41) is 0. The van der Waals surface area contributed by atoms with E-state index < -0.39 is 9.84 Å². The highest BCUT2D eigenvalue weighted by Gasteiger charge is 2.15. The molecule has 2 aromatic rings. The molecule has 2 rings (SSSR count). The third-order valence-corrected chi connectivity index (χ3v) is 3.99. The number of furan rings is 1. The molecule has 0 bridgehead atoms. The highest BCUT2D eigenvalue weighted by Crippen LogP contribution is 2.21. The van der Waals surface area contributed by atoms with Crippen molar-refractivity contribution in [3.63, 3.8) is 0 Å². The van der Waals surface area contributed by atoms with Crippen LogP contribution in [0, 0.1) is 0 Å². The minimum Gasteiger partial charge on any atom is -0.469 e. The molecule has 19 heavy (non-hydrogen) atoms. The van der Waals surface area contributed by atoms with Crippen LogP contribution >= 0.6 is 0 Å². The summed E-state index contributed by atoms with van der Waals surface area (Å²) in [4.78, 5) is 0.282. The maximum atomic E-state index is 11.5. The van der Waals surface area contributed by atoms with Gasteiger partial charge in [0, 0.05) is 12.7 Å². The zero-order valence-corrected chi connectivity index (χ0v) is 11.4. The Morgan fingerprint density at radius 2 is 2.11 bits per heavy atom. The van der Waals surface area contributed by atoms with Crippen molar-refractivity contribution < 1.29 is 12.8 Å². The SMILES string of the molecule is CS(=O)(=O)c1cccc(C(Cc2ccco2)NN)c1. The molecular formula is C13H16N2O3S. The van der Waals surface area contributed by atoms with E-state index in [4.69, 9.17) is 10.3 Å². The smallest absolute Gasteiger partial charge is 0.175 e. The van der Waals surface area contributed by atoms with Gasteiger partial charge in [0.25, 0.3) is 0 Å². The summed E-state index contributed by atoms with van der Waals surface area (Å²) in [5.41, 5.74) is 3.49. The van der Waals surface area contributed by atoms with Crippen LogP contribution in [0.15, 0.2) is 52.0 Å². The van der Waals surface area contributed by atoms with Gasteiger partial charge < -0.3 is 4.42 Å². The Kier molecular flexibility index (Phi) is 4.04. The molecule has 0 aliphatic rings. The van der Waals surface area contributed by atoms with Gasteiger partial charge in [-0.3, -0.25) is 11.3 Å². The zero-order chi connectivity index (χ0) is 13.9. The quantitative estimate of drug-likeness (QED) is 0.639. The summed E-state index contributed by atoms with van der Waals surface area (Å²) in [7, 11) is -3.22. The summed E-state index contributed by atoms with van der Waals surface area (Å²) < 4.78 is 28.4. The monoisotopic (exact) mass is 280 g/mol. The number of benzene rings is 1. The van der Waals surface area contributed by atoms with Crippen molar-refractivity contribution in [3.8, 4) is 0 Å². The lowest BCUT2D eigenvalue weighted by Gasteiger charge is -2.15. The summed E-state index contributed by atoms with van der Waals surface area (Å²) in [6.45, 7) is 0. The molecule has 0 saturated heterocycles. The van der Waals surface area contributed by atoms with E-state index in [2.05, 4.69) is 5.43 Å². The number of sulfone groups is 1. The van der Waals surface area contributed by atoms with Crippen LogP contribution in [0.5, 0.6) is 0 Å². The van der Waals surface area contributed by atoms with Crippen LogP contribution in [-0.2, 0) is 16.3 Å². The molecule has 5 nitrogen and oxygen atoms in total. The Morgan fingerprint density at radius 3 is 2.68 bits per heavy atom. The Hall–Kier alpha value is -1.63. The average Bonchev–Trinajstić information content (AvgIpc) is 2.88. The van der Waals surface area contributed by atoms with Gasteiger partial charge in [0.1, 0.15) is 5.76 Å². The van der Waals surface area contributed by atoms with E-state index >= 15 is 0 Å². The van der Waals surface area contributed by atoms with Crippen molar-refractivity contribution in [3.05, 3.63) is 54.0 Å². The number of hydrazine groups is 1. The van der Waals surface area contributed by atoms with Gasteiger partial charge in [-0.25, -0.2) is 8.42 Å². The molecule has 102 valence electrons. The first kappa shape index (κ1) is 13.8. The van der Waals surface area contributed by atoms with E-state index in [0.29, 0.717) is 6.42 Å². The maximum Gasteiger partial charge on any atom is 0.175 e. The highest BCUT2D eigenvalue weighted by atomic mass is 32.2. The molecule has 1 unspecified atom stereocenters. The van der Waals surface area contributed by atoms with Gasteiger partial charge in [-0.15, -0.1) is 0 Å². The number of nitrogens with one attached hydrogen (secondary N) is 1.